The molecule has 0 aromatic carbocycles. The Hall–Kier alpha value is -1.67. The molecule has 2 unspecified atom stereocenters. The number of carboxylic acids is 1. The van der Waals surface area contributed by atoms with E-state index in [2.05, 4.69) is 10.6 Å². The van der Waals surface area contributed by atoms with Gasteiger partial charge in [-0.25, -0.2) is 0 Å². The van der Waals surface area contributed by atoms with Crippen molar-refractivity contribution >= 4 is 17.8 Å². The Morgan fingerprint density at radius 2 is 1.27 bits per heavy atom. The molecule has 0 spiro atoms. The summed E-state index contributed by atoms with van der Waals surface area (Å²) in [5, 5.41) is 13.0. The van der Waals surface area contributed by atoms with Crippen LogP contribution < -0.4 is 22.1 Å². The molecule has 0 bridgehead atoms. The Kier molecular flexibility index (Phi) is 11.0. The third-order valence-electron chi connectivity index (χ3n) is 3.16. The van der Waals surface area contributed by atoms with Crippen LogP contribution in [0.5, 0.6) is 0 Å². The number of carboxylic acid groups (broad SMARTS) is 1. The van der Waals surface area contributed by atoms with Gasteiger partial charge in [0.15, 0.2) is 0 Å². The van der Waals surface area contributed by atoms with Crippen LogP contribution in [0.2, 0.25) is 0 Å². The highest BCUT2D eigenvalue weighted by molar-refractivity contribution is 5.96. The number of hydrogen-bond acceptors (Lipinski definition) is 5. The Bertz CT molecular complexity index is 331. The standard InChI is InChI=1S/C12H24N4O2.C2H4O2/c13-7-3-1-5-9-11(17)16-10(12(18)15-9)6-2-4-8-14;1-2(3)4/h9-10H,1-8,13-14H2,(H,15,18)(H,16,17);1H3,(H,3,4). The van der Waals surface area contributed by atoms with Crippen molar-refractivity contribution in [2.75, 3.05) is 13.1 Å². The molecule has 1 heterocycles. The zero-order valence-corrected chi connectivity index (χ0v) is 13.1. The highest BCUT2D eigenvalue weighted by Gasteiger charge is 2.32. The molecule has 8 nitrogen and oxygen atoms in total. The molecule has 8 heteroatoms. The zero-order chi connectivity index (χ0) is 17.0. The number of aliphatic carboxylic acids is 1. The summed E-state index contributed by atoms with van der Waals surface area (Å²) in [5.41, 5.74) is 10.8. The van der Waals surface area contributed by atoms with Gasteiger partial charge in [0, 0.05) is 6.92 Å². The van der Waals surface area contributed by atoms with Crippen LogP contribution in [-0.4, -0.2) is 48.1 Å². The fraction of sp³-hybridized carbons (Fsp3) is 0.786. The highest BCUT2D eigenvalue weighted by Crippen LogP contribution is 2.09. The third-order valence-corrected chi connectivity index (χ3v) is 3.16. The van der Waals surface area contributed by atoms with Gasteiger partial charge in [0.25, 0.3) is 5.97 Å². The topological polar surface area (TPSA) is 148 Å². The van der Waals surface area contributed by atoms with Crippen LogP contribution in [0.4, 0.5) is 0 Å². The lowest BCUT2D eigenvalue weighted by Crippen LogP contribution is -2.61. The van der Waals surface area contributed by atoms with Crippen molar-refractivity contribution in [3.05, 3.63) is 0 Å². The monoisotopic (exact) mass is 316 g/mol. The van der Waals surface area contributed by atoms with Gasteiger partial charge in [0.05, 0.1) is 0 Å². The molecule has 7 N–H and O–H groups in total. The van der Waals surface area contributed by atoms with E-state index in [1.807, 2.05) is 0 Å². The maximum atomic E-state index is 11.8. The van der Waals surface area contributed by atoms with Crippen molar-refractivity contribution in [3.8, 4) is 0 Å². The number of unbranched alkanes of at least 4 members (excludes halogenated alkanes) is 2. The molecule has 0 saturated carbocycles. The lowest BCUT2D eigenvalue weighted by atomic mass is 10.0. The van der Waals surface area contributed by atoms with Crippen molar-refractivity contribution in [2.24, 2.45) is 11.5 Å². The van der Waals surface area contributed by atoms with E-state index < -0.39 is 18.1 Å². The molecule has 1 rings (SSSR count). The minimum absolute atomic E-state index is 0.0793. The minimum Gasteiger partial charge on any atom is -0.481 e. The molecule has 128 valence electrons. The fourth-order valence-electron chi connectivity index (χ4n) is 2.07. The van der Waals surface area contributed by atoms with E-state index in [-0.39, 0.29) is 11.8 Å². The maximum absolute atomic E-state index is 11.8. The van der Waals surface area contributed by atoms with Crippen LogP contribution in [0.25, 0.3) is 0 Å². The number of hydrogen-bond donors (Lipinski definition) is 5. The summed E-state index contributed by atoms with van der Waals surface area (Å²) in [5.74, 6) is -0.992. The summed E-state index contributed by atoms with van der Waals surface area (Å²) >= 11 is 0. The fourth-order valence-corrected chi connectivity index (χ4v) is 2.07. The molecule has 1 aliphatic rings. The van der Waals surface area contributed by atoms with Crippen LogP contribution in [0.15, 0.2) is 0 Å². The summed E-state index contributed by atoms with van der Waals surface area (Å²) in [4.78, 5) is 32.6. The molecule has 0 aromatic rings. The Morgan fingerprint density at radius 3 is 1.55 bits per heavy atom. The Morgan fingerprint density at radius 1 is 0.955 bits per heavy atom. The van der Waals surface area contributed by atoms with Crippen molar-refractivity contribution in [1.82, 2.24) is 10.6 Å². The van der Waals surface area contributed by atoms with Gasteiger partial charge < -0.3 is 27.2 Å². The van der Waals surface area contributed by atoms with Gasteiger partial charge in [0.2, 0.25) is 11.8 Å². The van der Waals surface area contributed by atoms with E-state index in [9.17, 15) is 9.59 Å². The van der Waals surface area contributed by atoms with E-state index in [0.29, 0.717) is 25.9 Å². The number of carbonyl (C=O) groups is 3. The largest absolute Gasteiger partial charge is 0.481 e. The van der Waals surface area contributed by atoms with Gasteiger partial charge in [-0.2, -0.15) is 0 Å². The van der Waals surface area contributed by atoms with Gasteiger partial charge in [-0.15, -0.1) is 0 Å². The number of rotatable bonds is 8. The number of nitrogens with one attached hydrogen (secondary N) is 2. The molecular weight excluding hydrogens is 288 g/mol. The average molecular weight is 316 g/mol. The Labute approximate surface area is 131 Å². The molecular formula is C14H28N4O4. The summed E-state index contributed by atoms with van der Waals surface area (Å²) < 4.78 is 0. The average Bonchev–Trinajstić information content (AvgIpc) is 2.43. The predicted octanol–water partition coefficient (Wildman–Crippen LogP) is -0.681. The predicted molar refractivity (Wildman–Crippen MR) is 83.0 cm³/mol. The maximum Gasteiger partial charge on any atom is 0.300 e. The highest BCUT2D eigenvalue weighted by atomic mass is 16.4. The molecule has 22 heavy (non-hydrogen) atoms. The van der Waals surface area contributed by atoms with Crippen molar-refractivity contribution in [1.29, 1.82) is 0 Å². The second-order valence-electron chi connectivity index (χ2n) is 5.21. The minimum atomic E-state index is -0.833. The summed E-state index contributed by atoms with van der Waals surface area (Å²) in [7, 11) is 0. The van der Waals surface area contributed by atoms with E-state index in [1.165, 1.54) is 0 Å². The van der Waals surface area contributed by atoms with Crippen LogP contribution >= 0.6 is 0 Å². The van der Waals surface area contributed by atoms with Crippen LogP contribution in [0.1, 0.15) is 45.4 Å². The van der Waals surface area contributed by atoms with Gasteiger partial charge in [-0.3, -0.25) is 14.4 Å². The van der Waals surface area contributed by atoms with E-state index in [1.54, 1.807) is 0 Å². The lowest BCUT2D eigenvalue weighted by Gasteiger charge is -2.29. The Balaban J connectivity index is 0.000000980. The molecule has 0 aliphatic carbocycles. The summed E-state index contributed by atoms with van der Waals surface area (Å²) in [6.07, 6.45) is 4.77. The van der Waals surface area contributed by atoms with Crippen molar-refractivity contribution in [2.45, 2.75) is 57.5 Å². The first kappa shape index (κ1) is 20.3. The van der Waals surface area contributed by atoms with Gasteiger partial charge in [-0.05, 0) is 51.6 Å². The molecule has 0 aromatic heterocycles. The molecule has 2 atom stereocenters. The molecule has 1 aliphatic heterocycles. The number of nitrogens with two attached hydrogens (primary N) is 2. The third kappa shape index (κ3) is 9.30. The van der Waals surface area contributed by atoms with E-state index in [4.69, 9.17) is 21.4 Å². The smallest absolute Gasteiger partial charge is 0.300 e. The summed E-state index contributed by atoms with van der Waals surface area (Å²) in [6.45, 7) is 2.31. The number of carbonyl (C=O) groups excluding carboxylic acids is 2. The number of amides is 2. The first-order valence-corrected chi connectivity index (χ1v) is 7.62. The van der Waals surface area contributed by atoms with E-state index in [0.717, 1.165) is 32.6 Å². The van der Waals surface area contributed by atoms with Crippen molar-refractivity contribution in [3.63, 3.8) is 0 Å². The van der Waals surface area contributed by atoms with Crippen molar-refractivity contribution < 1.29 is 19.5 Å². The molecule has 0 radical (unpaired) electrons. The van der Waals surface area contributed by atoms with Crippen LogP contribution in [0.3, 0.4) is 0 Å². The second kappa shape index (κ2) is 11.9. The van der Waals surface area contributed by atoms with Crippen LogP contribution in [-0.2, 0) is 14.4 Å². The first-order valence-electron chi connectivity index (χ1n) is 7.62. The van der Waals surface area contributed by atoms with Crippen LogP contribution in [0, 0.1) is 0 Å². The zero-order valence-electron chi connectivity index (χ0n) is 13.1. The van der Waals surface area contributed by atoms with Gasteiger partial charge in [-0.1, -0.05) is 0 Å². The molecule has 1 fully saturated rings. The van der Waals surface area contributed by atoms with Gasteiger partial charge in [0.1, 0.15) is 12.1 Å². The summed E-state index contributed by atoms with van der Waals surface area (Å²) in [6, 6.07) is -0.787. The normalized spacial score (nSPS) is 20.5. The van der Waals surface area contributed by atoms with E-state index >= 15 is 0 Å². The molecule has 2 amide bonds. The van der Waals surface area contributed by atoms with Gasteiger partial charge >= 0.3 is 0 Å². The lowest BCUT2D eigenvalue weighted by molar-refractivity contribution is -0.137. The quantitative estimate of drug-likeness (QED) is 0.375. The molecule has 1 saturated heterocycles. The second-order valence-corrected chi connectivity index (χ2v) is 5.21. The number of piperazine rings is 1. The SMILES string of the molecule is CC(=O)O.NCCCCC1NC(=O)C(CCCCN)NC1=O. The first-order chi connectivity index (χ1) is 10.4.